The zero-order valence-corrected chi connectivity index (χ0v) is 38.9. The molecule has 0 bridgehead atoms. The number of aryl methyl sites for hydroxylation is 2. The van der Waals surface area contributed by atoms with E-state index in [4.69, 9.17) is 23.7 Å². The third-order valence-electron chi connectivity index (χ3n) is 12.4. The number of carboxylic acids is 1. The summed E-state index contributed by atoms with van der Waals surface area (Å²) in [6.07, 6.45) is 6.05. The Morgan fingerprint density at radius 3 is 1.41 bits per heavy atom. The number of benzene rings is 2. The Balaban J connectivity index is 0.000000276. The van der Waals surface area contributed by atoms with Gasteiger partial charge in [0.25, 0.3) is 0 Å². The Bertz CT molecular complexity index is 2680. The topological polar surface area (TPSA) is 213 Å². The van der Waals surface area contributed by atoms with Crippen molar-refractivity contribution in [3.05, 3.63) is 105 Å². The van der Waals surface area contributed by atoms with Gasteiger partial charge < -0.3 is 39.1 Å². The third kappa shape index (κ3) is 12.5. The number of esters is 1. The third-order valence-corrected chi connectivity index (χ3v) is 12.4. The molecule has 4 aromatic heterocycles. The van der Waals surface area contributed by atoms with Crippen LogP contribution in [0.4, 0.5) is 0 Å². The van der Waals surface area contributed by atoms with Crippen LogP contribution in [0.1, 0.15) is 62.5 Å². The molecule has 19 heteroatoms. The molecule has 4 heterocycles. The van der Waals surface area contributed by atoms with Crippen molar-refractivity contribution < 1.29 is 81.6 Å². The molecule has 66 heavy (non-hydrogen) atoms. The monoisotopic (exact) mass is 894 g/mol. The number of aromatic nitrogens is 6. The van der Waals surface area contributed by atoms with Crippen LogP contribution >= 0.6 is 0 Å². The van der Waals surface area contributed by atoms with Crippen molar-refractivity contribution in [2.75, 3.05) is 21.3 Å². The number of carboxylic acid groups (broad SMARTS) is 1. The molecule has 1 N–H and O–H groups in total. The number of hydrogen-bond donors (Lipinski definition) is 0. The van der Waals surface area contributed by atoms with Crippen molar-refractivity contribution in [2.45, 2.75) is 77.7 Å². The number of carbonyl (C=O) groups is 2. The summed E-state index contributed by atoms with van der Waals surface area (Å²) in [5, 5.41) is 11.1. The number of carbonyl (C=O) groups excluding carboxylic acids is 2. The molecule has 2 aliphatic rings. The standard InChI is InChI=1S/C24H29N3O5.C23H27N3O5.2Li.H2O/c1-26-20-11-12-21(32-15-17-5-4-6-19(13-17)30-2)25-22(20)27(24(26)29)14-16-7-9-18(10-8-16)23(28)31-3;1-25-19-10-11-20(31-14-16-4-3-5-18(12-16)30-2)24-21(19)26(23(25)29)13-15-6-8-17(9-7-15)22(27)28;;;/h4-6,11-13,16,18H,7-10,14-15H2,1-3H3;3-5,10-12,15,17H,6-9,13-14H2,1-2H3,(H,27,28);;;1H2/q;;2*+1;/p-2. The van der Waals surface area contributed by atoms with E-state index < -0.39 is 5.97 Å². The maximum absolute atomic E-state index is 12.9. The Morgan fingerprint density at radius 2 is 1.03 bits per heavy atom. The van der Waals surface area contributed by atoms with E-state index in [0.29, 0.717) is 68.1 Å². The van der Waals surface area contributed by atoms with E-state index in [1.807, 2.05) is 60.7 Å². The Hall–Kier alpha value is -5.43. The van der Waals surface area contributed by atoms with Crippen molar-refractivity contribution >= 4 is 34.3 Å². The Kier molecular flexibility index (Phi) is 19.6. The number of nitrogens with zero attached hydrogens (tertiary/aromatic N) is 6. The maximum atomic E-state index is 12.9. The fourth-order valence-corrected chi connectivity index (χ4v) is 8.69. The van der Waals surface area contributed by atoms with Crippen LogP contribution in [0.5, 0.6) is 23.3 Å². The van der Waals surface area contributed by atoms with Crippen molar-refractivity contribution in [1.82, 2.24) is 28.2 Å². The van der Waals surface area contributed by atoms with Crippen LogP contribution in [0, 0.1) is 23.7 Å². The summed E-state index contributed by atoms with van der Waals surface area (Å²) in [7, 11) is 8.17. The number of hydrogen-bond acceptors (Lipinski definition) is 13. The number of fused-ring (bicyclic) bond motifs is 2. The van der Waals surface area contributed by atoms with Crippen LogP contribution in [0.3, 0.4) is 0 Å². The summed E-state index contributed by atoms with van der Waals surface area (Å²) in [5.74, 6) is 1.48. The second kappa shape index (κ2) is 24.4. The van der Waals surface area contributed by atoms with Gasteiger partial charge in [0.2, 0.25) is 11.8 Å². The first-order chi connectivity index (χ1) is 30.5. The summed E-state index contributed by atoms with van der Waals surface area (Å²) in [6, 6.07) is 22.6. The van der Waals surface area contributed by atoms with E-state index in [9.17, 15) is 24.3 Å². The minimum absolute atomic E-state index is 0. The molecule has 0 atom stereocenters. The van der Waals surface area contributed by atoms with E-state index >= 15 is 0 Å². The minimum Gasteiger partial charge on any atom is -0.870 e. The van der Waals surface area contributed by atoms with Crippen LogP contribution in [0.15, 0.2) is 82.4 Å². The minimum atomic E-state index is -0.972. The van der Waals surface area contributed by atoms with Gasteiger partial charge in [-0.3, -0.25) is 23.1 Å². The van der Waals surface area contributed by atoms with Gasteiger partial charge in [-0.25, -0.2) is 9.59 Å². The summed E-state index contributed by atoms with van der Waals surface area (Å²) < 4.78 is 33.8. The molecule has 2 aromatic carbocycles. The molecule has 0 saturated heterocycles. The van der Waals surface area contributed by atoms with Crippen LogP contribution in [0.25, 0.3) is 22.3 Å². The largest absolute Gasteiger partial charge is 1.00 e. The molecule has 342 valence electrons. The molecule has 17 nitrogen and oxygen atoms in total. The van der Waals surface area contributed by atoms with Gasteiger partial charge in [0.05, 0.1) is 38.3 Å². The van der Waals surface area contributed by atoms with Gasteiger partial charge in [-0.2, -0.15) is 9.97 Å². The van der Waals surface area contributed by atoms with Crippen molar-refractivity contribution in [2.24, 2.45) is 37.8 Å². The molecule has 2 fully saturated rings. The number of pyridine rings is 2. The second-order valence-corrected chi connectivity index (χ2v) is 16.4. The maximum Gasteiger partial charge on any atom is 1.00 e. The van der Waals surface area contributed by atoms with Crippen LogP contribution < -0.4 is 73.2 Å². The smallest absolute Gasteiger partial charge is 0.870 e. The number of imidazole rings is 2. The SMILES string of the molecule is COC(=O)C1CCC(Cn2c(=O)n(C)c3ccc(OCc4cccc(OC)c4)nc32)CC1.COc1cccc(COc2ccc3c(n2)n(CC2CCC(C(=O)[O-])CC2)c(=O)n3C)c1.[Li+].[Li+].[OH-]. The van der Waals surface area contributed by atoms with Gasteiger partial charge in [-0.05, 0) is 117 Å². The predicted octanol–water partition coefficient (Wildman–Crippen LogP) is -0.988. The zero-order valence-electron chi connectivity index (χ0n) is 38.9. The van der Waals surface area contributed by atoms with Crippen LogP contribution in [-0.4, -0.2) is 67.0 Å². The van der Waals surface area contributed by atoms with Gasteiger partial charge >= 0.3 is 55.1 Å². The normalized spacial score (nSPS) is 17.8. The van der Waals surface area contributed by atoms with Gasteiger partial charge in [-0.15, -0.1) is 0 Å². The molecule has 0 radical (unpaired) electrons. The fourth-order valence-electron chi connectivity index (χ4n) is 8.69. The summed E-state index contributed by atoms with van der Waals surface area (Å²) in [6.45, 7) is 1.78. The molecule has 8 rings (SSSR count). The molecule has 2 aliphatic carbocycles. The van der Waals surface area contributed by atoms with Gasteiger partial charge in [0, 0.05) is 45.3 Å². The second-order valence-electron chi connectivity index (χ2n) is 16.4. The first kappa shape index (κ1) is 53.2. The quantitative estimate of drug-likeness (QED) is 0.0951. The first-order valence-corrected chi connectivity index (χ1v) is 21.4. The average molecular weight is 895 g/mol. The van der Waals surface area contributed by atoms with Crippen LogP contribution in [-0.2, 0) is 54.7 Å². The van der Waals surface area contributed by atoms with Gasteiger partial charge in [0.15, 0.2) is 11.3 Å². The molecule has 0 aliphatic heterocycles. The summed E-state index contributed by atoms with van der Waals surface area (Å²) >= 11 is 0. The van der Waals surface area contributed by atoms with E-state index in [-0.39, 0.29) is 78.3 Å². The summed E-state index contributed by atoms with van der Waals surface area (Å²) in [4.78, 5) is 57.9. The number of aliphatic carboxylic acids is 1. The van der Waals surface area contributed by atoms with E-state index in [0.717, 1.165) is 72.2 Å². The molecule has 2 saturated carbocycles. The fraction of sp³-hybridized carbons (Fsp3) is 0.447. The molecule has 0 unspecified atom stereocenters. The molecular formula is C47H56Li2N6O11. The van der Waals surface area contributed by atoms with Crippen molar-refractivity contribution in [1.29, 1.82) is 0 Å². The molecule has 0 spiro atoms. The van der Waals surface area contributed by atoms with Gasteiger partial charge in [0.1, 0.15) is 24.7 Å². The molecular weight excluding hydrogens is 838 g/mol. The Labute approximate surface area is 407 Å². The van der Waals surface area contributed by atoms with E-state index in [1.165, 1.54) is 7.11 Å². The number of ether oxygens (including phenoxy) is 5. The molecule has 0 amide bonds. The predicted molar refractivity (Wildman–Crippen MR) is 234 cm³/mol. The number of rotatable bonds is 14. The Morgan fingerprint density at radius 1 is 0.621 bits per heavy atom. The van der Waals surface area contributed by atoms with Crippen molar-refractivity contribution in [3.8, 4) is 23.3 Å². The van der Waals surface area contributed by atoms with E-state index in [2.05, 4.69) is 9.97 Å². The zero-order chi connectivity index (χ0) is 44.6. The average Bonchev–Trinajstić information content (AvgIpc) is 3.69. The summed E-state index contributed by atoms with van der Waals surface area (Å²) in [5.41, 5.74) is 4.42. The molecule has 6 aromatic rings. The first-order valence-electron chi connectivity index (χ1n) is 21.4. The van der Waals surface area contributed by atoms with Crippen molar-refractivity contribution in [3.63, 3.8) is 0 Å². The van der Waals surface area contributed by atoms with Crippen LogP contribution in [0.2, 0.25) is 0 Å². The number of methoxy groups -OCH3 is 3. The van der Waals surface area contributed by atoms with Gasteiger partial charge in [-0.1, -0.05) is 24.3 Å². The van der Waals surface area contributed by atoms with E-state index in [1.54, 1.807) is 58.7 Å².